The minimum atomic E-state index is -0.396. The number of rotatable bonds is 4. The summed E-state index contributed by atoms with van der Waals surface area (Å²) in [6.45, 7) is 1.74. The third-order valence-corrected chi connectivity index (χ3v) is 2.20. The molecule has 84 valence electrons. The van der Waals surface area contributed by atoms with Crippen molar-refractivity contribution in [3.8, 4) is 11.5 Å². The standard InChI is InChI=1S/C10H15NO4/c1-7(10(12)15-4)11-5-8(13-2)9(6-11)14-3/h5-7H,1-4H3/t7-/m0/s1. The molecule has 5 nitrogen and oxygen atoms in total. The molecule has 0 unspecified atom stereocenters. The van der Waals surface area contributed by atoms with Crippen LogP contribution in [0.2, 0.25) is 0 Å². The molecule has 0 aliphatic carbocycles. The molecule has 0 saturated carbocycles. The van der Waals surface area contributed by atoms with Gasteiger partial charge in [-0.25, -0.2) is 4.79 Å². The second kappa shape index (κ2) is 4.72. The fourth-order valence-corrected chi connectivity index (χ4v) is 1.26. The van der Waals surface area contributed by atoms with E-state index in [1.54, 1.807) is 38.1 Å². The molecule has 15 heavy (non-hydrogen) atoms. The van der Waals surface area contributed by atoms with Crippen molar-refractivity contribution < 1.29 is 19.0 Å². The molecule has 1 atom stereocenters. The molecule has 1 rings (SSSR count). The van der Waals surface area contributed by atoms with E-state index < -0.39 is 6.04 Å². The zero-order chi connectivity index (χ0) is 11.4. The van der Waals surface area contributed by atoms with Crippen molar-refractivity contribution in [3.05, 3.63) is 12.4 Å². The second-order valence-electron chi connectivity index (χ2n) is 3.04. The van der Waals surface area contributed by atoms with Crippen LogP contribution in [-0.2, 0) is 9.53 Å². The highest BCUT2D eigenvalue weighted by Gasteiger charge is 2.18. The van der Waals surface area contributed by atoms with Gasteiger partial charge in [0.05, 0.1) is 33.7 Å². The highest BCUT2D eigenvalue weighted by molar-refractivity contribution is 5.73. The van der Waals surface area contributed by atoms with Crippen molar-refractivity contribution >= 4 is 5.97 Å². The summed E-state index contributed by atoms with van der Waals surface area (Å²) in [5, 5.41) is 0. The third kappa shape index (κ3) is 2.23. The monoisotopic (exact) mass is 213 g/mol. The molecule has 0 fully saturated rings. The lowest BCUT2D eigenvalue weighted by Crippen LogP contribution is -2.16. The van der Waals surface area contributed by atoms with Crippen LogP contribution in [0.25, 0.3) is 0 Å². The number of aromatic nitrogens is 1. The summed E-state index contributed by atoms with van der Waals surface area (Å²) in [5.41, 5.74) is 0. The van der Waals surface area contributed by atoms with Gasteiger partial charge in [0.15, 0.2) is 11.5 Å². The zero-order valence-corrected chi connectivity index (χ0v) is 9.31. The molecule has 0 N–H and O–H groups in total. The number of carbonyl (C=O) groups is 1. The fourth-order valence-electron chi connectivity index (χ4n) is 1.26. The molecule has 1 aromatic rings. The van der Waals surface area contributed by atoms with Gasteiger partial charge >= 0.3 is 5.97 Å². The summed E-state index contributed by atoms with van der Waals surface area (Å²) in [6, 6.07) is -0.396. The van der Waals surface area contributed by atoms with Crippen molar-refractivity contribution in [2.45, 2.75) is 13.0 Å². The van der Waals surface area contributed by atoms with Gasteiger partial charge in [-0.1, -0.05) is 0 Å². The Morgan fingerprint density at radius 2 is 1.67 bits per heavy atom. The van der Waals surface area contributed by atoms with Crippen molar-refractivity contribution in [3.63, 3.8) is 0 Å². The number of methoxy groups -OCH3 is 3. The molecule has 0 aromatic carbocycles. The number of nitrogens with zero attached hydrogens (tertiary/aromatic N) is 1. The first kappa shape index (κ1) is 11.4. The molecular weight excluding hydrogens is 198 g/mol. The highest BCUT2D eigenvalue weighted by Crippen LogP contribution is 2.29. The Balaban J connectivity index is 2.95. The summed E-state index contributed by atoms with van der Waals surface area (Å²) < 4.78 is 16.5. The molecule has 5 heteroatoms. The molecule has 0 spiro atoms. The Bertz CT molecular complexity index is 324. The maximum atomic E-state index is 11.3. The quantitative estimate of drug-likeness (QED) is 0.706. The van der Waals surface area contributed by atoms with Gasteiger partial charge in [-0.15, -0.1) is 0 Å². The first-order valence-corrected chi connectivity index (χ1v) is 4.51. The third-order valence-electron chi connectivity index (χ3n) is 2.20. The lowest BCUT2D eigenvalue weighted by molar-refractivity contribution is -0.144. The van der Waals surface area contributed by atoms with Crippen molar-refractivity contribution in [2.24, 2.45) is 0 Å². The molecule has 0 aliphatic rings. The fraction of sp³-hybridized carbons (Fsp3) is 0.500. The molecule has 0 bridgehead atoms. The number of hydrogen-bond donors (Lipinski definition) is 0. The van der Waals surface area contributed by atoms with E-state index in [0.29, 0.717) is 11.5 Å². The maximum absolute atomic E-state index is 11.3. The Kier molecular flexibility index (Phi) is 3.60. The molecule has 1 heterocycles. The second-order valence-corrected chi connectivity index (χ2v) is 3.04. The predicted molar refractivity (Wildman–Crippen MR) is 54.3 cm³/mol. The van der Waals surface area contributed by atoms with E-state index in [2.05, 4.69) is 4.74 Å². The maximum Gasteiger partial charge on any atom is 0.328 e. The van der Waals surface area contributed by atoms with Crippen LogP contribution in [-0.4, -0.2) is 31.9 Å². The molecule has 0 aliphatic heterocycles. The predicted octanol–water partition coefficient (Wildman–Crippen LogP) is 1.24. The van der Waals surface area contributed by atoms with Crippen molar-refractivity contribution in [1.29, 1.82) is 0 Å². The van der Waals surface area contributed by atoms with Gasteiger partial charge in [0, 0.05) is 0 Å². The lowest BCUT2D eigenvalue weighted by atomic mass is 10.3. The molecule has 0 amide bonds. The van der Waals surface area contributed by atoms with Crippen LogP contribution >= 0.6 is 0 Å². The summed E-state index contributed by atoms with van der Waals surface area (Å²) in [6.07, 6.45) is 3.39. The Morgan fingerprint density at radius 1 is 1.20 bits per heavy atom. The van der Waals surface area contributed by atoms with Crippen LogP contribution in [0.15, 0.2) is 12.4 Å². The summed E-state index contributed by atoms with van der Waals surface area (Å²) >= 11 is 0. The first-order chi connectivity index (χ1) is 7.13. The minimum absolute atomic E-state index is 0.310. The largest absolute Gasteiger partial charge is 0.491 e. The van der Waals surface area contributed by atoms with E-state index in [1.165, 1.54) is 7.11 Å². The van der Waals surface area contributed by atoms with Crippen LogP contribution in [0.1, 0.15) is 13.0 Å². The van der Waals surface area contributed by atoms with Crippen LogP contribution < -0.4 is 9.47 Å². The molecule has 0 radical (unpaired) electrons. The van der Waals surface area contributed by atoms with Gasteiger partial charge in [0.1, 0.15) is 6.04 Å². The van der Waals surface area contributed by atoms with E-state index in [1.807, 2.05) is 0 Å². The van der Waals surface area contributed by atoms with Crippen LogP contribution in [0.3, 0.4) is 0 Å². The van der Waals surface area contributed by atoms with Crippen molar-refractivity contribution in [1.82, 2.24) is 4.57 Å². The number of esters is 1. The normalized spacial score (nSPS) is 12.0. The number of ether oxygens (including phenoxy) is 3. The van der Waals surface area contributed by atoms with Crippen LogP contribution in [0.5, 0.6) is 11.5 Å². The average molecular weight is 213 g/mol. The summed E-state index contributed by atoms with van der Waals surface area (Å²) in [5.74, 6) is 0.872. The Labute approximate surface area is 88.5 Å². The molecular formula is C10H15NO4. The van der Waals surface area contributed by atoms with Crippen molar-refractivity contribution in [2.75, 3.05) is 21.3 Å². The van der Waals surface area contributed by atoms with E-state index >= 15 is 0 Å². The number of carbonyl (C=O) groups excluding carboxylic acids is 1. The van der Waals surface area contributed by atoms with E-state index in [4.69, 9.17) is 9.47 Å². The molecule has 0 saturated heterocycles. The summed E-state index contributed by atoms with van der Waals surface area (Å²) in [7, 11) is 4.45. The first-order valence-electron chi connectivity index (χ1n) is 4.51. The van der Waals surface area contributed by atoms with E-state index in [9.17, 15) is 4.79 Å². The average Bonchev–Trinajstić information content (AvgIpc) is 2.69. The Morgan fingerprint density at radius 3 is 2.00 bits per heavy atom. The lowest BCUT2D eigenvalue weighted by Gasteiger charge is -2.09. The molecule has 1 aromatic heterocycles. The van der Waals surface area contributed by atoms with E-state index in [-0.39, 0.29) is 5.97 Å². The SMILES string of the molecule is COC(=O)[C@H](C)n1cc(OC)c(OC)c1. The van der Waals surface area contributed by atoms with Gasteiger partial charge in [-0.3, -0.25) is 0 Å². The zero-order valence-electron chi connectivity index (χ0n) is 9.31. The smallest absolute Gasteiger partial charge is 0.328 e. The Hall–Kier alpha value is -1.65. The summed E-state index contributed by atoms with van der Waals surface area (Å²) in [4.78, 5) is 11.3. The number of hydrogen-bond acceptors (Lipinski definition) is 4. The van der Waals surface area contributed by atoms with E-state index in [0.717, 1.165) is 0 Å². The topological polar surface area (TPSA) is 49.7 Å². The van der Waals surface area contributed by atoms with Crippen LogP contribution in [0, 0.1) is 0 Å². The minimum Gasteiger partial charge on any atom is -0.491 e. The van der Waals surface area contributed by atoms with Gasteiger partial charge in [0.2, 0.25) is 0 Å². The van der Waals surface area contributed by atoms with Gasteiger partial charge < -0.3 is 18.8 Å². The highest BCUT2D eigenvalue weighted by atomic mass is 16.5. The van der Waals surface area contributed by atoms with Gasteiger partial charge in [-0.05, 0) is 6.92 Å². The van der Waals surface area contributed by atoms with Gasteiger partial charge in [0.25, 0.3) is 0 Å². The van der Waals surface area contributed by atoms with Crippen LogP contribution in [0.4, 0.5) is 0 Å². The van der Waals surface area contributed by atoms with Gasteiger partial charge in [-0.2, -0.15) is 0 Å².